The predicted molar refractivity (Wildman–Crippen MR) is 96.7 cm³/mol. The first kappa shape index (κ1) is 19.9. The summed E-state index contributed by atoms with van der Waals surface area (Å²) in [6.07, 6.45) is 3.14. The molecule has 3 rings (SSSR count). The maximum Gasteiger partial charge on any atom is 0.371 e. The monoisotopic (exact) mass is 398 g/mol. The van der Waals surface area contributed by atoms with Crippen LogP contribution in [0.25, 0.3) is 0 Å². The van der Waals surface area contributed by atoms with E-state index in [-0.39, 0.29) is 41.5 Å². The molecular formula is C18H26N2O6S. The highest BCUT2D eigenvalue weighted by molar-refractivity contribution is 7.89. The number of aromatic carboxylic acids is 1. The van der Waals surface area contributed by atoms with Crippen LogP contribution in [0.5, 0.6) is 0 Å². The lowest BCUT2D eigenvalue weighted by Crippen LogP contribution is -2.47. The van der Waals surface area contributed by atoms with Crippen molar-refractivity contribution in [1.29, 1.82) is 0 Å². The van der Waals surface area contributed by atoms with E-state index in [4.69, 9.17) is 9.52 Å². The van der Waals surface area contributed by atoms with E-state index in [2.05, 4.69) is 13.8 Å². The summed E-state index contributed by atoms with van der Waals surface area (Å²) in [7, 11) is -2.07. The molecule has 0 aromatic carbocycles. The molecule has 1 saturated carbocycles. The van der Waals surface area contributed by atoms with Gasteiger partial charge in [0, 0.05) is 32.1 Å². The Morgan fingerprint density at radius 3 is 2.37 bits per heavy atom. The lowest BCUT2D eigenvalue weighted by Gasteiger charge is -2.36. The zero-order valence-corrected chi connectivity index (χ0v) is 16.7. The lowest BCUT2D eigenvalue weighted by molar-refractivity contribution is -0.138. The van der Waals surface area contributed by atoms with Crippen LogP contribution in [0.1, 0.15) is 50.1 Å². The molecule has 1 aliphatic heterocycles. The first-order valence-corrected chi connectivity index (χ1v) is 10.6. The molecule has 0 spiro atoms. The predicted octanol–water partition coefficient (Wildman–Crippen LogP) is 2.03. The Bertz CT molecular complexity index is 834. The van der Waals surface area contributed by atoms with Crippen molar-refractivity contribution in [3.63, 3.8) is 0 Å². The van der Waals surface area contributed by atoms with Gasteiger partial charge in [-0.05, 0) is 50.2 Å². The van der Waals surface area contributed by atoms with E-state index in [0.717, 1.165) is 25.0 Å². The fraction of sp³-hybridized carbons (Fsp3) is 0.667. The Morgan fingerprint density at radius 2 is 1.89 bits per heavy atom. The van der Waals surface area contributed by atoms with Gasteiger partial charge in [0.2, 0.25) is 16.8 Å². The summed E-state index contributed by atoms with van der Waals surface area (Å²) in [6.45, 7) is 4.68. The number of carbonyl (C=O) groups is 2. The molecule has 1 N–H and O–H groups in total. The van der Waals surface area contributed by atoms with Crippen molar-refractivity contribution >= 4 is 21.9 Å². The number of nitrogens with zero attached hydrogens (tertiary/aromatic N) is 2. The molecule has 1 aliphatic carbocycles. The van der Waals surface area contributed by atoms with Crippen molar-refractivity contribution in [2.75, 3.05) is 20.1 Å². The largest absolute Gasteiger partial charge is 0.475 e. The molecule has 0 bridgehead atoms. The smallest absolute Gasteiger partial charge is 0.371 e. The number of hydrogen-bond donors (Lipinski definition) is 1. The molecule has 150 valence electrons. The third-order valence-electron chi connectivity index (χ3n) is 6.17. The van der Waals surface area contributed by atoms with Crippen LogP contribution in [0.2, 0.25) is 0 Å². The number of sulfonamides is 1. The Morgan fingerprint density at radius 1 is 1.30 bits per heavy atom. The molecule has 1 amide bonds. The summed E-state index contributed by atoms with van der Waals surface area (Å²) in [6, 6.07) is 2.45. The van der Waals surface area contributed by atoms with E-state index in [1.807, 2.05) is 11.9 Å². The maximum absolute atomic E-state index is 12.8. The Hall–Kier alpha value is -1.87. The normalized spacial score (nSPS) is 21.6. The minimum absolute atomic E-state index is 0.0684. The number of rotatable bonds is 6. The van der Waals surface area contributed by atoms with Crippen molar-refractivity contribution < 1.29 is 27.5 Å². The summed E-state index contributed by atoms with van der Waals surface area (Å²) in [5.74, 6) is -1.86. The fourth-order valence-electron chi connectivity index (χ4n) is 3.61. The average molecular weight is 398 g/mol. The first-order chi connectivity index (χ1) is 12.6. The van der Waals surface area contributed by atoms with Crippen molar-refractivity contribution in [1.82, 2.24) is 9.21 Å². The second kappa shape index (κ2) is 6.94. The van der Waals surface area contributed by atoms with E-state index < -0.39 is 21.8 Å². The van der Waals surface area contributed by atoms with Gasteiger partial charge in [-0.1, -0.05) is 6.92 Å². The topological polar surface area (TPSA) is 108 Å². The van der Waals surface area contributed by atoms with Gasteiger partial charge in [0.25, 0.3) is 10.0 Å². The van der Waals surface area contributed by atoms with Crippen LogP contribution in [0, 0.1) is 11.3 Å². The lowest BCUT2D eigenvalue weighted by atomic mass is 9.93. The highest BCUT2D eigenvalue weighted by Gasteiger charge is 2.46. The molecule has 1 saturated heterocycles. The zero-order valence-electron chi connectivity index (χ0n) is 15.8. The van der Waals surface area contributed by atoms with E-state index in [0.29, 0.717) is 12.8 Å². The second-order valence-electron chi connectivity index (χ2n) is 7.88. The van der Waals surface area contributed by atoms with Crippen LogP contribution in [-0.4, -0.2) is 60.8 Å². The standard InChI is InChI=1S/C18H26N2O6S/c1-12(18(2)8-9-18)19(3)16(21)13-6-10-20(11-7-13)27(24,25)15-5-4-14(26-15)17(22)23/h4-5,12-13H,6-11H2,1-3H3,(H,22,23). The van der Waals surface area contributed by atoms with Gasteiger partial charge in [0.1, 0.15) is 0 Å². The van der Waals surface area contributed by atoms with Gasteiger partial charge in [-0.3, -0.25) is 4.79 Å². The van der Waals surface area contributed by atoms with Crippen molar-refractivity contribution in [2.45, 2.75) is 50.7 Å². The van der Waals surface area contributed by atoms with Gasteiger partial charge < -0.3 is 14.4 Å². The summed E-state index contributed by atoms with van der Waals surface area (Å²) >= 11 is 0. The number of carbonyl (C=O) groups excluding carboxylic acids is 1. The number of amides is 1. The number of carboxylic acid groups (broad SMARTS) is 1. The Kier molecular flexibility index (Phi) is 5.11. The van der Waals surface area contributed by atoms with Gasteiger partial charge in [-0.15, -0.1) is 0 Å². The molecule has 2 heterocycles. The van der Waals surface area contributed by atoms with Crippen molar-refractivity contribution in [3.8, 4) is 0 Å². The summed E-state index contributed by atoms with van der Waals surface area (Å²) < 4.78 is 31.5. The second-order valence-corrected chi connectivity index (χ2v) is 9.75. The molecule has 2 aliphatic rings. The minimum Gasteiger partial charge on any atom is -0.475 e. The number of carboxylic acids is 1. The minimum atomic E-state index is -3.90. The molecule has 1 unspecified atom stereocenters. The summed E-state index contributed by atoms with van der Waals surface area (Å²) in [5.41, 5.74) is 0.204. The number of furan rings is 1. The fourth-order valence-corrected chi connectivity index (χ4v) is 4.99. The van der Waals surface area contributed by atoms with E-state index in [1.54, 1.807) is 0 Å². The third kappa shape index (κ3) is 3.75. The first-order valence-electron chi connectivity index (χ1n) is 9.16. The average Bonchev–Trinajstić information content (AvgIpc) is 3.19. The van der Waals surface area contributed by atoms with Gasteiger partial charge >= 0.3 is 5.97 Å². The van der Waals surface area contributed by atoms with Gasteiger partial charge in [-0.2, -0.15) is 4.31 Å². The van der Waals surface area contributed by atoms with Gasteiger partial charge in [0.15, 0.2) is 0 Å². The number of piperidine rings is 1. The highest BCUT2D eigenvalue weighted by atomic mass is 32.2. The summed E-state index contributed by atoms with van der Waals surface area (Å²) in [4.78, 5) is 25.5. The van der Waals surface area contributed by atoms with E-state index >= 15 is 0 Å². The summed E-state index contributed by atoms with van der Waals surface area (Å²) in [5, 5.41) is 8.51. The van der Waals surface area contributed by atoms with Crippen molar-refractivity contribution in [3.05, 3.63) is 17.9 Å². The molecule has 2 fully saturated rings. The van der Waals surface area contributed by atoms with Crippen LogP contribution in [0.3, 0.4) is 0 Å². The Labute approximate surface area is 159 Å². The van der Waals surface area contributed by atoms with Crippen LogP contribution >= 0.6 is 0 Å². The molecular weight excluding hydrogens is 372 g/mol. The molecule has 0 radical (unpaired) electrons. The molecule has 1 aromatic rings. The van der Waals surface area contributed by atoms with Crippen molar-refractivity contribution in [2.24, 2.45) is 11.3 Å². The van der Waals surface area contributed by atoms with Crippen LogP contribution < -0.4 is 0 Å². The molecule has 8 nitrogen and oxygen atoms in total. The molecule has 1 atom stereocenters. The highest BCUT2D eigenvalue weighted by Crippen LogP contribution is 2.49. The third-order valence-corrected chi connectivity index (χ3v) is 7.94. The molecule has 1 aromatic heterocycles. The van der Waals surface area contributed by atoms with Gasteiger partial charge in [-0.25, -0.2) is 13.2 Å². The molecule has 27 heavy (non-hydrogen) atoms. The van der Waals surface area contributed by atoms with Gasteiger partial charge in [0.05, 0.1) is 0 Å². The van der Waals surface area contributed by atoms with Crippen LogP contribution in [-0.2, 0) is 14.8 Å². The van der Waals surface area contributed by atoms with E-state index in [9.17, 15) is 18.0 Å². The van der Waals surface area contributed by atoms with E-state index in [1.165, 1.54) is 4.31 Å². The molecule has 9 heteroatoms. The number of hydrogen-bond acceptors (Lipinski definition) is 5. The quantitative estimate of drug-likeness (QED) is 0.785. The zero-order chi connectivity index (χ0) is 20.0. The SMILES string of the molecule is CC(N(C)C(=O)C1CCN(S(=O)(=O)c2ccc(C(=O)O)o2)CC1)C1(C)CC1. The van der Waals surface area contributed by atoms with Crippen LogP contribution in [0.4, 0.5) is 0 Å². The maximum atomic E-state index is 12.8. The Balaban J connectivity index is 1.62. The van der Waals surface area contributed by atoms with Crippen LogP contribution in [0.15, 0.2) is 21.6 Å².